The summed E-state index contributed by atoms with van der Waals surface area (Å²) in [6.45, 7) is 2.13. The zero-order valence-corrected chi connectivity index (χ0v) is 13.6. The highest BCUT2D eigenvalue weighted by Crippen LogP contribution is 2.34. The van der Waals surface area contributed by atoms with E-state index in [4.69, 9.17) is 0 Å². The number of thioether (sulfide) groups is 1. The molecule has 6 nitrogen and oxygen atoms in total. The summed E-state index contributed by atoms with van der Waals surface area (Å²) in [6, 6.07) is 4.83. The number of carbonyl (C=O) groups is 1. The lowest BCUT2D eigenvalue weighted by atomic mass is 10.1. The molecule has 1 aliphatic carbocycles. The van der Waals surface area contributed by atoms with E-state index in [0.717, 1.165) is 25.0 Å². The van der Waals surface area contributed by atoms with E-state index in [2.05, 4.69) is 17.6 Å². The molecule has 120 valence electrons. The molecule has 2 rings (SSSR count). The molecule has 1 saturated carbocycles. The summed E-state index contributed by atoms with van der Waals surface area (Å²) >= 11 is 1.90. The first kappa shape index (κ1) is 16.6. The van der Waals surface area contributed by atoms with Crippen molar-refractivity contribution in [2.75, 3.05) is 18.1 Å². The van der Waals surface area contributed by atoms with Gasteiger partial charge >= 0.3 is 0 Å². The van der Waals surface area contributed by atoms with E-state index in [1.807, 2.05) is 11.8 Å². The molecule has 1 amide bonds. The topological polar surface area (TPSA) is 84.3 Å². The monoisotopic (exact) mass is 323 g/mol. The van der Waals surface area contributed by atoms with Gasteiger partial charge in [-0.2, -0.15) is 11.8 Å². The normalized spacial score (nSPS) is 20.6. The molecule has 0 spiro atoms. The number of nitrogens with one attached hydrogen (secondary N) is 2. The fraction of sp³-hybridized carbons (Fsp3) is 0.533. The van der Waals surface area contributed by atoms with Gasteiger partial charge < -0.3 is 10.6 Å². The van der Waals surface area contributed by atoms with Crippen LogP contribution in [0.25, 0.3) is 0 Å². The summed E-state index contributed by atoms with van der Waals surface area (Å²) in [5.74, 6) is 0.718. The fourth-order valence-corrected chi connectivity index (χ4v) is 3.99. The molecular formula is C15H21N3O3S. The standard InChI is InChI=1S/C15H21N3O3S/c1-3-22-14-6-4-5-12(14)17-11-8-7-10(15(19)16-2)9-13(11)18(20)21/h7-9,12,14,17H,3-6H2,1-2H3,(H,16,19). The van der Waals surface area contributed by atoms with E-state index >= 15 is 0 Å². The zero-order valence-electron chi connectivity index (χ0n) is 12.8. The van der Waals surface area contributed by atoms with Crippen molar-refractivity contribution in [1.29, 1.82) is 0 Å². The van der Waals surface area contributed by atoms with Gasteiger partial charge in [0.2, 0.25) is 0 Å². The zero-order chi connectivity index (χ0) is 16.1. The number of hydrogen-bond acceptors (Lipinski definition) is 5. The van der Waals surface area contributed by atoms with Crippen LogP contribution in [0.3, 0.4) is 0 Å². The van der Waals surface area contributed by atoms with Gasteiger partial charge in [-0.05, 0) is 30.7 Å². The van der Waals surface area contributed by atoms with Gasteiger partial charge in [-0.1, -0.05) is 13.3 Å². The molecule has 1 aromatic carbocycles. The van der Waals surface area contributed by atoms with Crippen molar-refractivity contribution >= 4 is 29.0 Å². The Morgan fingerprint density at radius 3 is 2.86 bits per heavy atom. The molecular weight excluding hydrogens is 302 g/mol. The predicted octanol–water partition coefficient (Wildman–Crippen LogP) is 3.04. The maximum absolute atomic E-state index is 11.6. The van der Waals surface area contributed by atoms with Crippen LogP contribution in [-0.4, -0.2) is 34.9 Å². The van der Waals surface area contributed by atoms with Crippen LogP contribution in [0.15, 0.2) is 18.2 Å². The number of hydrogen-bond donors (Lipinski definition) is 2. The summed E-state index contributed by atoms with van der Waals surface area (Å²) in [5.41, 5.74) is 0.741. The molecule has 7 heteroatoms. The van der Waals surface area contributed by atoms with Crippen LogP contribution in [0.1, 0.15) is 36.5 Å². The van der Waals surface area contributed by atoms with Crippen LogP contribution >= 0.6 is 11.8 Å². The number of anilines is 1. The molecule has 0 radical (unpaired) electrons. The Hall–Kier alpha value is -1.76. The second-order valence-corrected chi connectivity index (χ2v) is 6.76. The largest absolute Gasteiger partial charge is 0.376 e. The Labute approximate surface area is 134 Å². The molecule has 1 aliphatic rings. The van der Waals surface area contributed by atoms with E-state index in [0.29, 0.717) is 16.5 Å². The van der Waals surface area contributed by atoms with Gasteiger partial charge in [0.25, 0.3) is 11.6 Å². The lowest BCUT2D eigenvalue weighted by molar-refractivity contribution is -0.384. The Bertz CT molecular complexity index is 565. The summed E-state index contributed by atoms with van der Waals surface area (Å²) in [6.07, 6.45) is 3.30. The number of benzene rings is 1. The van der Waals surface area contributed by atoms with E-state index in [1.54, 1.807) is 12.1 Å². The minimum atomic E-state index is -0.439. The molecule has 2 atom stereocenters. The minimum Gasteiger partial charge on any atom is -0.376 e. The summed E-state index contributed by atoms with van der Waals surface area (Å²) < 4.78 is 0. The lowest BCUT2D eigenvalue weighted by Crippen LogP contribution is -2.26. The highest BCUT2D eigenvalue weighted by atomic mass is 32.2. The fourth-order valence-electron chi connectivity index (χ4n) is 2.79. The third kappa shape index (κ3) is 3.71. The van der Waals surface area contributed by atoms with Gasteiger partial charge in [-0.3, -0.25) is 14.9 Å². The van der Waals surface area contributed by atoms with Gasteiger partial charge in [0.05, 0.1) is 4.92 Å². The number of nitrogens with zero attached hydrogens (tertiary/aromatic N) is 1. The summed E-state index contributed by atoms with van der Waals surface area (Å²) in [4.78, 5) is 22.5. The summed E-state index contributed by atoms with van der Waals surface area (Å²) in [7, 11) is 1.51. The Balaban J connectivity index is 2.23. The Kier molecular flexibility index (Phi) is 5.65. The molecule has 1 fully saturated rings. The van der Waals surface area contributed by atoms with Crippen LogP contribution in [-0.2, 0) is 0 Å². The molecule has 0 aromatic heterocycles. The van der Waals surface area contributed by atoms with Crippen molar-refractivity contribution in [1.82, 2.24) is 5.32 Å². The quantitative estimate of drug-likeness (QED) is 0.621. The Morgan fingerprint density at radius 2 is 2.23 bits per heavy atom. The molecule has 0 heterocycles. The van der Waals surface area contributed by atoms with Gasteiger partial charge in [0, 0.05) is 30.0 Å². The molecule has 2 unspecified atom stereocenters. The van der Waals surface area contributed by atoms with E-state index in [-0.39, 0.29) is 17.6 Å². The maximum Gasteiger partial charge on any atom is 0.293 e. The van der Waals surface area contributed by atoms with Crippen LogP contribution in [0.4, 0.5) is 11.4 Å². The number of nitro groups is 1. The number of rotatable bonds is 6. The van der Waals surface area contributed by atoms with Crippen LogP contribution in [0, 0.1) is 10.1 Å². The summed E-state index contributed by atoms with van der Waals surface area (Å²) in [5, 5.41) is 17.6. The van der Waals surface area contributed by atoms with Crippen molar-refractivity contribution in [2.24, 2.45) is 0 Å². The van der Waals surface area contributed by atoms with Crippen LogP contribution < -0.4 is 10.6 Å². The van der Waals surface area contributed by atoms with E-state index < -0.39 is 4.92 Å². The third-order valence-corrected chi connectivity index (χ3v) is 5.18. The molecule has 0 saturated heterocycles. The van der Waals surface area contributed by atoms with Crippen molar-refractivity contribution in [3.8, 4) is 0 Å². The Morgan fingerprint density at radius 1 is 1.45 bits per heavy atom. The average molecular weight is 323 g/mol. The number of amides is 1. The van der Waals surface area contributed by atoms with Crippen LogP contribution in [0.2, 0.25) is 0 Å². The average Bonchev–Trinajstić information content (AvgIpc) is 2.94. The van der Waals surface area contributed by atoms with Gasteiger partial charge in [0.15, 0.2) is 0 Å². The minimum absolute atomic E-state index is 0.0479. The second-order valence-electron chi connectivity index (χ2n) is 5.24. The smallest absolute Gasteiger partial charge is 0.293 e. The molecule has 22 heavy (non-hydrogen) atoms. The van der Waals surface area contributed by atoms with Crippen molar-refractivity contribution in [3.63, 3.8) is 0 Å². The third-order valence-electron chi connectivity index (χ3n) is 3.86. The second kappa shape index (κ2) is 7.49. The molecule has 0 aliphatic heterocycles. The SMILES string of the molecule is CCSC1CCCC1Nc1ccc(C(=O)NC)cc1[N+](=O)[O-]. The highest BCUT2D eigenvalue weighted by molar-refractivity contribution is 7.99. The van der Waals surface area contributed by atoms with Crippen molar-refractivity contribution in [3.05, 3.63) is 33.9 Å². The first-order chi connectivity index (χ1) is 10.6. The van der Waals surface area contributed by atoms with Gasteiger partial charge in [-0.15, -0.1) is 0 Å². The first-order valence-electron chi connectivity index (χ1n) is 7.45. The predicted molar refractivity (Wildman–Crippen MR) is 89.7 cm³/mol. The van der Waals surface area contributed by atoms with E-state index in [1.165, 1.54) is 13.1 Å². The molecule has 2 N–H and O–H groups in total. The maximum atomic E-state index is 11.6. The highest BCUT2D eigenvalue weighted by Gasteiger charge is 2.29. The number of carbonyl (C=O) groups excluding carboxylic acids is 1. The molecule has 0 bridgehead atoms. The molecule has 1 aromatic rings. The van der Waals surface area contributed by atoms with Crippen LogP contribution in [0.5, 0.6) is 0 Å². The van der Waals surface area contributed by atoms with Gasteiger partial charge in [-0.25, -0.2) is 0 Å². The lowest BCUT2D eigenvalue weighted by Gasteiger charge is -2.21. The first-order valence-corrected chi connectivity index (χ1v) is 8.50. The van der Waals surface area contributed by atoms with E-state index in [9.17, 15) is 14.9 Å². The van der Waals surface area contributed by atoms with Gasteiger partial charge in [0.1, 0.15) is 5.69 Å². The van der Waals surface area contributed by atoms with Crippen molar-refractivity contribution in [2.45, 2.75) is 37.5 Å². The van der Waals surface area contributed by atoms with Crippen molar-refractivity contribution < 1.29 is 9.72 Å². The number of nitro benzene ring substituents is 1.